The first kappa shape index (κ1) is 74.7. The molecule has 0 radical (unpaired) electrons. The minimum absolute atomic E-state index is 0.277. The summed E-state index contributed by atoms with van der Waals surface area (Å²) in [4.78, 5) is 101. The number of ketones is 3. The molecule has 3 N–H and O–H groups in total. The number of hydrogen-bond donors (Lipinski definition) is 3. The Labute approximate surface area is 546 Å². The average molecular weight is 1260 g/mol. The van der Waals surface area contributed by atoms with Gasteiger partial charge in [-0.3, -0.25) is 28.8 Å². The predicted molar refractivity (Wildman–Crippen MR) is 357 cm³/mol. The SMILES string of the molecule is CCCCCC1CCC(C(=O)OC2(C(=O)C3CCC(CCCCC)CC3)[C@@](OC(=O)C3CCC(CCCCC)CC3)(C(=O)C3CCC(CCCCC)CC3)[C@@H](O)C(O)[C@@H](O)[C@@]2(OC(=O)C2CCC(CCCCC)CC2)C(=O)C2CCC(CCCCC)CC2)CC1. The summed E-state index contributed by atoms with van der Waals surface area (Å²) in [6, 6.07) is 0. The largest absolute Gasteiger partial charge is 0.443 e. The lowest BCUT2D eigenvalue weighted by Gasteiger charge is -2.63. The number of unbranched alkanes of at least 4 members (excludes halogenated alkanes) is 12. The van der Waals surface area contributed by atoms with Gasteiger partial charge in [0.25, 0.3) is 5.60 Å². The summed E-state index contributed by atoms with van der Waals surface area (Å²) in [6.45, 7) is 13.1. The zero-order valence-corrected chi connectivity index (χ0v) is 58.1. The fraction of sp³-hybridized carbons (Fsp3) is 0.923. The molecule has 0 aliphatic heterocycles. The van der Waals surface area contributed by atoms with Crippen molar-refractivity contribution in [3.8, 4) is 0 Å². The lowest BCUT2D eigenvalue weighted by Crippen LogP contribution is -2.92. The number of aliphatic hydroxyl groups is 3. The highest BCUT2D eigenvalue weighted by Crippen LogP contribution is 2.59. The van der Waals surface area contributed by atoms with Crippen molar-refractivity contribution in [2.45, 2.75) is 385 Å². The van der Waals surface area contributed by atoms with E-state index < -0.39 is 106 Å². The van der Waals surface area contributed by atoms with E-state index in [-0.39, 0.29) is 18.8 Å². The van der Waals surface area contributed by atoms with Crippen LogP contribution in [0.2, 0.25) is 0 Å². The quantitative estimate of drug-likeness (QED) is 0.0306. The monoisotopic (exact) mass is 1260 g/mol. The molecule has 0 heterocycles. The molecule has 7 aliphatic carbocycles. The molecule has 0 saturated heterocycles. The number of hydrogen-bond acceptors (Lipinski definition) is 12. The van der Waals surface area contributed by atoms with E-state index in [0.29, 0.717) is 145 Å². The maximum atomic E-state index is 17.8. The van der Waals surface area contributed by atoms with Crippen LogP contribution in [0.3, 0.4) is 0 Å². The van der Waals surface area contributed by atoms with Gasteiger partial charge in [-0.25, -0.2) is 0 Å². The van der Waals surface area contributed by atoms with E-state index in [9.17, 15) is 15.3 Å². The summed E-state index contributed by atoms with van der Waals surface area (Å²) < 4.78 is 21.8. The predicted octanol–water partition coefficient (Wildman–Crippen LogP) is 18.0. The third kappa shape index (κ3) is 18.2. The van der Waals surface area contributed by atoms with E-state index in [1.165, 1.54) is 0 Å². The van der Waals surface area contributed by atoms with E-state index in [0.717, 1.165) is 180 Å². The standard InChI is InChI=1S/C78H132O12/c1-7-13-19-25-55-31-43-61(44-32-55)68(80)76(88-73(85)64-49-37-58(38-50-64)28-22-16-10-4)71(83)67(79)72(84)77(69(81)62-45-33-56(34-46-62)26-20-14-8-2,89-74(86)65-51-39-59(40-52-65)29-23-17-11-5)78(76,70(82)63-47-35-57(36-48-63)27-21-15-9-3)90-75(87)66-53-41-60(42-54-66)30-24-18-12-6/h55-67,71-72,79,83-84H,7-54H2,1-6H3/t55?,56?,57?,58?,59?,60?,61?,62?,63?,64?,65?,66?,67?,71-,72+,76+,77-,78?. The minimum atomic E-state index is -3.43. The van der Waals surface area contributed by atoms with E-state index in [1.54, 1.807) is 0 Å². The topological polar surface area (TPSA) is 191 Å². The van der Waals surface area contributed by atoms with Crippen LogP contribution in [0.1, 0.15) is 350 Å². The Bertz CT molecular complexity index is 2040. The first-order valence-electron chi connectivity index (χ1n) is 38.9. The second kappa shape index (κ2) is 37.6. The maximum Gasteiger partial charge on any atom is 0.310 e. The molecule has 0 spiro atoms. The molecule has 7 rings (SSSR count). The van der Waals surface area contributed by atoms with E-state index in [4.69, 9.17) is 14.2 Å². The molecule has 6 atom stereocenters. The summed E-state index contributed by atoms with van der Waals surface area (Å²) in [7, 11) is 0. The van der Waals surface area contributed by atoms with Crippen molar-refractivity contribution in [3.63, 3.8) is 0 Å². The Morgan fingerprint density at radius 2 is 0.478 bits per heavy atom. The second-order valence-electron chi connectivity index (χ2n) is 31.2. The van der Waals surface area contributed by atoms with Crippen LogP contribution < -0.4 is 0 Å². The lowest BCUT2D eigenvalue weighted by atomic mass is 9.49. The molecular weight excluding hydrogens is 1130 g/mol. The number of Topliss-reactive ketones (excluding diaryl/α,β-unsaturated/α-hetero) is 3. The molecule has 12 nitrogen and oxygen atoms in total. The van der Waals surface area contributed by atoms with Crippen LogP contribution in [0.5, 0.6) is 0 Å². The number of rotatable bonds is 36. The third-order valence-electron chi connectivity index (χ3n) is 24.9. The van der Waals surface area contributed by atoms with Crippen LogP contribution in [0.4, 0.5) is 0 Å². The Hall–Kier alpha value is -2.70. The Balaban J connectivity index is 1.49. The van der Waals surface area contributed by atoms with Crippen LogP contribution in [0, 0.1) is 71.0 Å². The maximum absolute atomic E-state index is 17.8. The lowest BCUT2D eigenvalue weighted by molar-refractivity contribution is -0.329. The Morgan fingerprint density at radius 3 is 0.700 bits per heavy atom. The summed E-state index contributed by atoms with van der Waals surface area (Å²) in [5, 5.41) is 40.9. The number of aliphatic hydroxyl groups excluding tert-OH is 3. The summed E-state index contributed by atoms with van der Waals surface area (Å²) >= 11 is 0. The molecule has 7 fully saturated rings. The number of carbonyl (C=O) groups excluding carboxylic acids is 6. The van der Waals surface area contributed by atoms with Crippen LogP contribution in [-0.4, -0.2) is 85.7 Å². The van der Waals surface area contributed by atoms with Crippen molar-refractivity contribution < 1.29 is 58.3 Å². The van der Waals surface area contributed by atoms with Gasteiger partial charge in [-0.05, 0) is 190 Å². The van der Waals surface area contributed by atoms with Crippen LogP contribution >= 0.6 is 0 Å². The zero-order valence-electron chi connectivity index (χ0n) is 58.1. The minimum Gasteiger partial charge on any atom is -0.443 e. The third-order valence-corrected chi connectivity index (χ3v) is 24.9. The fourth-order valence-electron chi connectivity index (χ4n) is 18.8. The van der Waals surface area contributed by atoms with Gasteiger partial charge in [-0.15, -0.1) is 0 Å². The Morgan fingerprint density at radius 1 is 0.278 bits per heavy atom. The van der Waals surface area contributed by atoms with Gasteiger partial charge in [0.15, 0.2) is 17.3 Å². The molecule has 0 amide bonds. The van der Waals surface area contributed by atoms with Crippen molar-refractivity contribution >= 4 is 35.3 Å². The van der Waals surface area contributed by atoms with Gasteiger partial charge in [0.2, 0.25) is 11.2 Å². The number of ether oxygens (including phenoxy) is 3. The highest BCUT2D eigenvalue weighted by Gasteiger charge is 2.89. The molecule has 12 heteroatoms. The number of esters is 3. The van der Waals surface area contributed by atoms with Crippen LogP contribution in [-0.2, 0) is 43.0 Å². The first-order chi connectivity index (χ1) is 43.6. The molecule has 0 aromatic heterocycles. The molecule has 2 unspecified atom stereocenters. The van der Waals surface area contributed by atoms with Crippen molar-refractivity contribution in [2.24, 2.45) is 71.0 Å². The smallest absolute Gasteiger partial charge is 0.310 e. The fourth-order valence-corrected chi connectivity index (χ4v) is 18.8. The zero-order chi connectivity index (χ0) is 64.7. The Kier molecular flexibility index (Phi) is 31.2. The molecule has 7 aliphatic rings. The van der Waals surface area contributed by atoms with Gasteiger partial charge in [0.05, 0.1) is 17.8 Å². The van der Waals surface area contributed by atoms with Crippen molar-refractivity contribution in [2.75, 3.05) is 0 Å². The van der Waals surface area contributed by atoms with Crippen molar-refractivity contribution in [1.29, 1.82) is 0 Å². The first-order valence-corrected chi connectivity index (χ1v) is 38.9. The van der Waals surface area contributed by atoms with Crippen molar-refractivity contribution in [1.82, 2.24) is 0 Å². The van der Waals surface area contributed by atoms with Gasteiger partial charge in [-0.2, -0.15) is 0 Å². The highest BCUT2D eigenvalue weighted by atomic mass is 16.7. The highest BCUT2D eigenvalue weighted by molar-refractivity contribution is 6.12. The molecule has 0 aromatic rings. The van der Waals surface area contributed by atoms with Gasteiger partial charge in [-0.1, -0.05) is 196 Å². The van der Waals surface area contributed by atoms with Gasteiger partial charge < -0.3 is 29.5 Å². The van der Waals surface area contributed by atoms with E-state index in [2.05, 4.69) is 41.5 Å². The molecule has 90 heavy (non-hydrogen) atoms. The second-order valence-corrected chi connectivity index (χ2v) is 31.2. The molecule has 7 saturated carbocycles. The van der Waals surface area contributed by atoms with Crippen LogP contribution in [0.25, 0.3) is 0 Å². The summed E-state index contributed by atoms with van der Waals surface area (Å²) in [6.07, 6.45) is 30.0. The molecular formula is C78H132O12. The molecule has 0 bridgehead atoms. The summed E-state index contributed by atoms with van der Waals surface area (Å²) in [5.41, 5.74) is -10.1. The van der Waals surface area contributed by atoms with E-state index >= 15 is 28.8 Å². The normalized spacial score (nSPS) is 35.9. The molecule has 0 aromatic carbocycles. The van der Waals surface area contributed by atoms with E-state index in [1.807, 2.05) is 0 Å². The molecule has 516 valence electrons. The van der Waals surface area contributed by atoms with Gasteiger partial charge in [0.1, 0.15) is 18.3 Å². The van der Waals surface area contributed by atoms with Crippen LogP contribution in [0.15, 0.2) is 0 Å². The van der Waals surface area contributed by atoms with Gasteiger partial charge in [0, 0.05) is 17.8 Å². The van der Waals surface area contributed by atoms with Gasteiger partial charge >= 0.3 is 17.9 Å². The number of carbonyl (C=O) groups is 6. The average Bonchev–Trinajstić information content (AvgIpc) is 0.673. The van der Waals surface area contributed by atoms with Crippen molar-refractivity contribution in [3.05, 3.63) is 0 Å². The summed E-state index contributed by atoms with van der Waals surface area (Å²) in [5.74, 6) is -8.73.